The molecule has 2 N–H and O–H groups in total. The van der Waals surface area contributed by atoms with Gasteiger partial charge >= 0.3 is 6.18 Å². The summed E-state index contributed by atoms with van der Waals surface area (Å²) < 4.78 is 43.4. The SMILES string of the molecule is C=CC(=O)Nc1ccc2c(c1)OC(O)C=C2C(F)(F)F. The quantitative estimate of drug-likeness (QED) is 0.821. The number of rotatable bonds is 2. The average Bonchev–Trinajstić information content (AvgIpc) is 2.36. The average molecular weight is 285 g/mol. The van der Waals surface area contributed by atoms with Crippen molar-refractivity contribution in [3.05, 3.63) is 42.5 Å². The number of aliphatic hydroxyl groups excluding tert-OH is 1. The molecule has 20 heavy (non-hydrogen) atoms. The summed E-state index contributed by atoms with van der Waals surface area (Å²) in [5.74, 6) is -0.665. The van der Waals surface area contributed by atoms with Crippen molar-refractivity contribution in [3.8, 4) is 5.75 Å². The van der Waals surface area contributed by atoms with E-state index in [-0.39, 0.29) is 17.0 Å². The zero-order valence-electron chi connectivity index (χ0n) is 10.1. The van der Waals surface area contributed by atoms with Crippen molar-refractivity contribution in [2.75, 3.05) is 5.32 Å². The molecule has 1 aromatic rings. The van der Waals surface area contributed by atoms with Gasteiger partial charge in [-0.05, 0) is 24.3 Å². The molecule has 4 nitrogen and oxygen atoms in total. The number of fused-ring (bicyclic) bond motifs is 1. The number of aliphatic hydroxyl groups is 1. The van der Waals surface area contributed by atoms with Crippen molar-refractivity contribution in [2.45, 2.75) is 12.5 Å². The molecule has 1 aliphatic heterocycles. The van der Waals surface area contributed by atoms with Crippen molar-refractivity contribution in [2.24, 2.45) is 0 Å². The second-order valence-corrected chi connectivity index (χ2v) is 3.99. The molecule has 106 valence electrons. The summed E-state index contributed by atoms with van der Waals surface area (Å²) in [6.45, 7) is 3.26. The van der Waals surface area contributed by atoms with Crippen LogP contribution in [0.2, 0.25) is 0 Å². The summed E-state index contributed by atoms with van der Waals surface area (Å²) in [4.78, 5) is 11.1. The van der Waals surface area contributed by atoms with Crippen molar-refractivity contribution < 1.29 is 27.8 Å². The maximum atomic E-state index is 12.8. The van der Waals surface area contributed by atoms with E-state index in [9.17, 15) is 23.1 Å². The molecular weight excluding hydrogens is 275 g/mol. The highest BCUT2D eigenvalue weighted by Crippen LogP contribution is 2.42. The number of nitrogens with one attached hydrogen (secondary N) is 1. The van der Waals surface area contributed by atoms with E-state index in [0.29, 0.717) is 6.08 Å². The zero-order valence-corrected chi connectivity index (χ0v) is 10.1. The van der Waals surface area contributed by atoms with Crippen molar-refractivity contribution in [1.29, 1.82) is 0 Å². The molecule has 7 heteroatoms. The van der Waals surface area contributed by atoms with Crippen LogP contribution in [-0.4, -0.2) is 23.5 Å². The smallest absolute Gasteiger partial charge is 0.417 e. The van der Waals surface area contributed by atoms with Crippen LogP contribution in [0.25, 0.3) is 5.57 Å². The van der Waals surface area contributed by atoms with E-state index in [1.54, 1.807) is 0 Å². The third kappa shape index (κ3) is 2.83. The molecule has 0 radical (unpaired) electrons. The Balaban J connectivity index is 2.41. The number of carbonyl (C=O) groups is 1. The molecule has 1 amide bonds. The molecule has 0 fully saturated rings. The molecule has 1 atom stereocenters. The van der Waals surface area contributed by atoms with Gasteiger partial charge in [0.05, 0.1) is 5.57 Å². The number of benzene rings is 1. The number of anilines is 1. The minimum Gasteiger partial charge on any atom is -0.461 e. The van der Waals surface area contributed by atoms with Gasteiger partial charge in [-0.2, -0.15) is 13.2 Å². The van der Waals surface area contributed by atoms with Gasteiger partial charge in [0.15, 0.2) is 0 Å². The Morgan fingerprint density at radius 2 is 2.15 bits per heavy atom. The maximum absolute atomic E-state index is 12.8. The van der Waals surface area contributed by atoms with Gasteiger partial charge in [-0.1, -0.05) is 6.58 Å². The third-order valence-corrected chi connectivity index (χ3v) is 2.59. The summed E-state index contributed by atoms with van der Waals surface area (Å²) >= 11 is 0. The van der Waals surface area contributed by atoms with Crippen LogP contribution in [0, 0.1) is 0 Å². The Morgan fingerprint density at radius 1 is 1.45 bits per heavy atom. The predicted octanol–water partition coefficient (Wildman–Crippen LogP) is 2.47. The van der Waals surface area contributed by atoms with Gasteiger partial charge in [0.1, 0.15) is 5.75 Å². The second-order valence-electron chi connectivity index (χ2n) is 3.99. The maximum Gasteiger partial charge on any atom is 0.417 e. The van der Waals surface area contributed by atoms with Gasteiger partial charge in [-0.3, -0.25) is 4.79 Å². The summed E-state index contributed by atoms with van der Waals surface area (Å²) in [5.41, 5.74) is -0.934. The van der Waals surface area contributed by atoms with Crippen LogP contribution < -0.4 is 10.1 Å². The van der Waals surface area contributed by atoms with E-state index in [1.807, 2.05) is 0 Å². The topological polar surface area (TPSA) is 58.6 Å². The number of allylic oxidation sites excluding steroid dienone is 1. The Bertz CT molecular complexity index is 593. The fraction of sp³-hybridized carbons (Fsp3) is 0.154. The zero-order chi connectivity index (χ0) is 14.9. The molecule has 1 aliphatic rings. The van der Waals surface area contributed by atoms with Gasteiger partial charge < -0.3 is 15.2 Å². The summed E-state index contributed by atoms with van der Waals surface area (Å²) in [6.07, 6.45) is -4.68. The molecule has 0 saturated heterocycles. The predicted molar refractivity (Wildman–Crippen MR) is 65.9 cm³/mol. The van der Waals surface area contributed by atoms with E-state index >= 15 is 0 Å². The fourth-order valence-electron chi connectivity index (χ4n) is 1.76. The Kier molecular flexibility index (Phi) is 3.54. The standard InChI is InChI=1S/C13H10F3NO3/c1-2-11(18)17-7-3-4-8-9(13(14,15)16)6-12(19)20-10(8)5-7/h2-6,12,19H,1H2,(H,17,18). The first-order chi connectivity index (χ1) is 9.31. The van der Waals surface area contributed by atoms with E-state index in [0.717, 1.165) is 6.08 Å². The summed E-state index contributed by atoms with van der Waals surface area (Å²) in [7, 11) is 0. The number of alkyl halides is 3. The highest BCUT2D eigenvalue weighted by atomic mass is 19.4. The van der Waals surface area contributed by atoms with Crippen LogP contribution in [-0.2, 0) is 4.79 Å². The lowest BCUT2D eigenvalue weighted by Gasteiger charge is -2.24. The van der Waals surface area contributed by atoms with Crippen molar-refractivity contribution in [3.63, 3.8) is 0 Å². The van der Waals surface area contributed by atoms with Crippen molar-refractivity contribution >= 4 is 17.2 Å². The summed E-state index contributed by atoms with van der Waals surface area (Å²) in [6, 6.07) is 3.68. The molecule has 2 rings (SSSR count). The van der Waals surface area contributed by atoms with Crippen LogP contribution in [0.3, 0.4) is 0 Å². The monoisotopic (exact) mass is 285 g/mol. The molecule has 1 aromatic carbocycles. The van der Waals surface area contributed by atoms with Gasteiger partial charge in [-0.25, -0.2) is 0 Å². The largest absolute Gasteiger partial charge is 0.461 e. The highest BCUT2D eigenvalue weighted by molar-refractivity contribution is 5.99. The lowest BCUT2D eigenvalue weighted by molar-refractivity contribution is -0.111. The highest BCUT2D eigenvalue weighted by Gasteiger charge is 2.39. The molecule has 0 spiro atoms. The van der Waals surface area contributed by atoms with Crippen LogP contribution >= 0.6 is 0 Å². The molecule has 0 saturated carbocycles. The minimum atomic E-state index is -4.61. The van der Waals surface area contributed by atoms with E-state index in [2.05, 4.69) is 11.9 Å². The summed E-state index contributed by atoms with van der Waals surface area (Å²) in [5, 5.41) is 11.7. The lowest BCUT2D eigenvalue weighted by atomic mass is 10.0. The van der Waals surface area contributed by atoms with Crippen LogP contribution in [0.5, 0.6) is 5.75 Å². The lowest BCUT2D eigenvalue weighted by Crippen LogP contribution is -2.23. The van der Waals surface area contributed by atoms with Crippen LogP contribution in [0.15, 0.2) is 36.9 Å². The Labute approximate surface area is 112 Å². The Morgan fingerprint density at radius 3 is 2.75 bits per heavy atom. The van der Waals surface area contributed by atoms with Gasteiger partial charge in [0.25, 0.3) is 0 Å². The number of amides is 1. The molecular formula is C13H10F3NO3. The van der Waals surface area contributed by atoms with Gasteiger partial charge in [-0.15, -0.1) is 0 Å². The first kappa shape index (κ1) is 14.1. The molecule has 0 bridgehead atoms. The normalized spacial score (nSPS) is 17.6. The third-order valence-electron chi connectivity index (χ3n) is 2.59. The van der Waals surface area contributed by atoms with Gasteiger partial charge in [0, 0.05) is 17.3 Å². The number of carbonyl (C=O) groups excluding carboxylic acids is 1. The number of ether oxygens (including phenoxy) is 1. The molecule has 1 heterocycles. The number of hydrogen-bond acceptors (Lipinski definition) is 3. The van der Waals surface area contributed by atoms with E-state index in [4.69, 9.17) is 4.74 Å². The molecule has 0 aromatic heterocycles. The first-order valence-corrected chi connectivity index (χ1v) is 5.53. The second kappa shape index (κ2) is 5.01. The van der Waals surface area contributed by atoms with Crippen molar-refractivity contribution in [1.82, 2.24) is 0 Å². The van der Waals surface area contributed by atoms with Crippen LogP contribution in [0.1, 0.15) is 5.56 Å². The number of hydrogen-bond donors (Lipinski definition) is 2. The Hall–Kier alpha value is -2.28. The minimum absolute atomic E-state index is 0.158. The number of halogens is 3. The molecule has 1 unspecified atom stereocenters. The van der Waals surface area contributed by atoms with Crippen LogP contribution in [0.4, 0.5) is 18.9 Å². The van der Waals surface area contributed by atoms with E-state index in [1.165, 1.54) is 18.2 Å². The fourth-order valence-corrected chi connectivity index (χ4v) is 1.76. The van der Waals surface area contributed by atoms with E-state index < -0.39 is 23.9 Å². The van der Waals surface area contributed by atoms with Gasteiger partial charge in [0.2, 0.25) is 12.2 Å². The first-order valence-electron chi connectivity index (χ1n) is 5.53. The molecule has 0 aliphatic carbocycles.